The van der Waals surface area contributed by atoms with Crippen LogP contribution in [0.5, 0.6) is 0 Å². The lowest BCUT2D eigenvalue weighted by atomic mass is 9.73. The van der Waals surface area contributed by atoms with E-state index in [0.717, 1.165) is 6.54 Å². The van der Waals surface area contributed by atoms with Crippen molar-refractivity contribution in [1.29, 1.82) is 0 Å². The van der Waals surface area contributed by atoms with Crippen LogP contribution in [0.15, 0.2) is 24.3 Å². The summed E-state index contributed by atoms with van der Waals surface area (Å²) in [7, 11) is 0. The SMILES string of the molecule is CC1(C)CCCCC1NCc1ccc(N2CCCC2)cc1. The lowest BCUT2D eigenvalue weighted by Gasteiger charge is -2.39. The second-order valence-electron chi connectivity index (χ2n) is 7.53. The van der Waals surface area contributed by atoms with Crippen LogP contribution in [0.25, 0.3) is 0 Å². The number of nitrogens with zero attached hydrogens (tertiary/aromatic N) is 1. The predicted molar refractivity (Wildman–Crippen MR) is 90.8 cm³/mol. The highest BCUT2D eigenvalue weighted by molar-refractivity contribution is 5.48. The first-order chi connectivity index (χ1) is 10.1. The van der Waals surface area contributed by atoms with Crippen LogP contribution < -0.4 is 10.2 Å². The molecule has 1 N–H and O–H groups in total. The fraction of sp³-hybridized carbons (Fsp3) is 0.684. The molecule has 0 aromatic heterocycles. The summed E-state index contributed by atoms with van der Waals surface area (Å²) in [6.07, 6.45) is 8.17. The van der Waals surface area contributed by atoms with E-state index < -0.39 is 0 Å². The summed E-state index contributed by atoms with van der Waals surface area (Å²) in [5.41, 5.74) is 3.27. The van der Waals surface area contributed by atoms with Crippen LogP contribution in [0.1, 0.15) is 57.9 Å². The molecule has 1 unspecified atom stereocenters. The van der Waals surface area contributed by atoms with Crippen molar-refractivity contribution in [2.24, 2.45) is 5.41 Å². The third kappa shape index (κ3) is 3.60. The highest BCUT2D eigenvalue weighted by atomic mass is 15.1. The maximum absolute atomic E-state index is 3.80. The summed E-state index contributed by atoms with van der Waals surface area (Å²) in [5, 5.41) is 3.80. The second-order valence-corrected chi connectivity index (χ2v) is 7.53. The van der Waals surface area contributed by atoms with Gasteiger partial charge in [0.15, 0.2) is 0 Å². The van der Waals surface area contributed by atoms with Gasteiger partial charge in [-0.25, -0.2) is 0 Å². The van der Waals surface area contributed by atoms with E-state index in [1.54, 1.807) is 0 Å². The third-order valence-corrected chi connectivity index (χ3v) is 5.47. The van der Waals surface area contributed by atoms with Crippen LogP contribution in [0.3, 0.4) is 0 Å². The van der Waals surface area contributed by atoms with Gasteiger partial charge in [-0.3, -0.25) is 0 Å². The Labute approximate surface area is 129 Å². The van der Waals surface area contributed by atoms with Gasteiger partial charge >= 0.3 is 0 Å². The molecule has 1 saturated carbocycles. The van der Waals surface area contributed by atoms with Gasteiger partial charge in [-0.1, -0.05) is 38.8 Å². The van der Waals surface area contributed by atoms with Gasteiger partial charge in [0.05, 0.1) is 0 Å². The first kappa shape index (κ1) is 14.9. The van der Waals surface area contributed by atoms with Gasteiger partial charge in [0, 0.05) is 31.4 Å². The molecule has 1 aliphatic heterocycles. The molecule has 1 aromatic carbocycles. The van der Waals surface area contributed by atoms with E-state index in [2.05, 4.69) is 48.3 Å². The summed E-state index contributed by atoms with van der Waals surface area (Å²) in [6.45, 7) is 8.30. The minimum Gasteiger partial charge on any atom is -0.372 e. The van der Waals surface area contributed by atoms with Crippen molar-refractivity contribution in [2.75, 3.05) is 18.0 Å². The van der Waals surface area contributed by atoms with Crippen molar-refractivity contribution in [3.63, 3.8) is 0 Å². The Morgan fingerprint density at radius 1 is 1.05 bits per heavy atom. The van der Waals surface area contributed by atoms with Crippen LogP contribution in [0.4, 0.5) is 5.69 Å². The van der Waals surface area contributed by atoms with Gasteiger partial charge in [0.1, 0.15) is 0 Å². The van der Waals surface area contributed by atoms with E-state index >= 15 is 0 Å². The Bertz CT molecular complexity index is 443. The molecule has 0 bridgehead atoms. The Balaban J connectivity index is 1.55. The molecular weight excluding hydrogens is 256 g/mol. The standard InChI is InChI=1S/C19H30N2/c1-19(2)12-4-3-7-18(19)20-15-16-8-10-17(11-9-16)21-13-5-6-14-21/h8-11,18,20H,3-7,12-15H2,1-2H3. The van der Waals surface area contributed by atoms with Crippen molar-refractivity contribution in [2.45, 2.75) is 65.0 Å². The monoisotopic (exact) mass is 286 g/mol. The fourth-order valence-corrected chi connectivity index (χ4v) is 3.91. The Kier molecular flexibility index (Phi) is 4.54. The van der Waals surface area contributed by atoms with Gasteiger partial charge < -0.3 is 10.2 Å². The average Bonchev–Trinajstić information content (AvgIpc) is 3.00. The zero-order valence-corrected chi connectivity index (χ0v) is 13.7. The van der Waals surface area contributed by atoms with E-state index in [-0.39, 0.29) is 0 Å². The van der Waals surface area contributed by atoms with Crippen molar-refractivity contribution >= 4 is 5.69 Å². The average molecular weight is 286 g/mol. The third-order valence-electron chi connectivity index (χ3n) is 5.47. The molecule has 2 nitrogen and oxygen atoms in total. The van der Waals surface area contributed by atoms with Gasteiger partial charge in [-0.15, -0.1) is 0 Å². The molecule has 1 atom stereocenters. The number of nitrogens with one attached hydrogen (secondary N) is 1. The Morgan fingerprint density at radius 3 is 2.43 bits per heavy atom. The van der Waals surface area contributed by atoms with Gasteiger partial charge in [-0.2, -0.15) is 0 Å². The maximum Gasteiger partial charge on any atom is 0.0366 e. The van der Waals surface area contributed by atoms with Crippen LogP contribution in [-0.4, -0.2) is 19.1 Å². The fourth-order valence-electron chi connectivity index (χ4n) is 3.91. The summed E-state index contributed by atoms with van der Waals surface area (Å²) in [4.78, 5) is 2.50. The molecule has 3 rings (SSSR count). The lowest BCUT2D eigenvalue weighted by Crippen LogP contribution is -2.43. The van der Waals surface area contributed by atoms with E-state index in [1.807, 2.05) is 0 Å². The minimum absolute atomic E-state index is 0.452. The molecule has 0 radical (unpaired) electrons. The molecule has 2 aliphatic rings. The van der Waals surface area contributed by atoms with Gasteiger partial charge in [0.25, 0.3) is 0 Å². The number of benzene rings is 1. The van der Waals surface area contributed by atoms with E-state index in [0.29, 0.717) is 11.5 Å². The maximum atomic E-state index is 3.80. The Hall–Kier alpha value is -1.02. The van der Waals surface area contributed by atoms with Crippen LogP contribution in [-0.2, 0) is 6.54 Å². The molecule has 1 aromatic rings. The molecule has 1 heterocycles. The molecular formula is C19H30N2. The van der Waals surface area contributed by atoms with Crippen LogP contribution in [0.2, 0.25) is 0 Å². The summed E-state index contributed by atoms with van der Waals surface area (Å²) in [5.74, 6) is 0. The molecule has 2 heteroatoms. The first-order valence-corrected chi connectivity index (χ1v) is 8.72. The van der Waals surface area contributed by atoms with Gasteiger partial charge in [0.2, 0.25) is 0 Å². The van der Waals surface area contributed by atoms with E-state index in [1.165, 1.54) is 62.9 Å². The zero-order chi connectivity index (χ0) is 14.7. The topological polar surface area (TPSA) is 15.3 Å². The zero-order valence-electron chi connectivity index (χ0n) is 13.7. The van der Waals surface area contributed by atoms with Crippen LogP contribution in [0, 0.1) is 5.41 Å². The van der Waals surface area contributed by atoms with Crippen LogP contribution >= 0.6 is 0 Å². The summed E-state index contributed by atoms with van der Waals surface area (Å²) in [6, 6.07) is 9.87. The smallest absolute Gasteiger partial charge is 0.0366 e. The summed E-state index contributed by atoms with van der Waals surface area (Å²) < 4.78 is 0. The first-order valence-electron chi connectivity index (χ1n) is 8.72. The minimum atomic E-state index is 0.452. The number of rotatable bonds is 4. The molecule has 0 amide bonds. The van der Waals surface area contributed by atoms with Crippen molar-refractivity contribution in [3.05, 3.63) is 29.8 Å². The molecule has 0 spiro atoms. The van der Waals surface area contributed by atoms with Gasteiger partial charge in [-0.05, 0) is 48.8 Å². The quantitative estimate of drug-likeness (QED) is 0.885. The van der Waals surface area contributed by atoms with Crippen molar-refractivity contribution < 1.29 is 0 Å². The number of hydrogen-bond donors (Lipinski definition) is 1. The molecule has 116 valence electrons. The normalized spacial score (nSPS) is 25.2. The number of hydrogen-bond acceptors (Lipinski definition) is 2. The summed E-state index contributed by atoms with van der Waals surface area (Å²) >= 11 is 0. The largest absolute Gasteiger partial charge is 0.372 e. The second kappa shape index (κ2) is 6.39. The predicted octanol–water partition coefficient (Wildman–Crippen LogP) is 4.35. The number of anilines is 1. The molecule has 21 heavy (non-hydrogen) atoms. The lowest BCUT2D eigenvalue weighted by molar-refractivity contribution is 0.167. The highest BCUT2D eigenvalue weighted by Crippen LogP contribution is 2.35. The Morgan fingerprint density at radius 2 is 1.76 bits per heavy atom. The molecule has 1 aliphatic carbocycles. The molecule has 1 saturated heterocycles. The highest BCUT2D eigenvalue weighted by Gasteiger charge is 2.31. The molecule has 2 fully saturated rings. The van der Waals surface area contributed by atoms with E-state index in [4.69, 9.17) is 0 Å². The van der Waals surface area contributed by atoms with E-state index in [9.17, 15) is 0 Å². The van der Waals surface area contributed by atoms with Crippen molar-refractivity contribution in [1.82, 2.24) is 5.32 Å². The van der Waals surface area contributed by atoms with Crippen molar-refractivity contribution in [3.8, 4) is 0 Å².